The molecule has 42 heavy (non-hydrogen) atoms. The lowest BCUT2D eigenvalue weighted by molar-refractivity contribution is 0.0753. The number of aromatic nitrogens is 2. The fourth-order valence-electron chi connectivity index (χ4n) is 6.69. The number of methoxy groups -OCH3 is 1. The first-order chi connectivity index (χ1) is 20.3. The van der Waals surface area contributed by atoms with Gasteiger partial charge in [-0.05, 0) is 57.5 Å². The van der Waals surface area contributed by atoms with E-state index in [4.69, 9.17) is 9.47 Å². The summed E-state index contributed by atoms with van der Waals surface area (Å²) in [6.45, 7) is 3.80. The molecule has 2 aromatic carbocycles. The minimum atomic E-state index is -0.373. The predicted molar refractivity (Wildman–Crippen MR) is 154 cm³/mol. The van der Waals surface area contributed by atoms with Gasteiger partial charge in [-0.15, -0.1) is 0 Å². The van der Waals surface area contributed by atoms with E-state index in [1.54, 1.807) is 24.1 Å². The Hall–Kier alpha value is -4.43. The van der Waals surface area contributed by atoms with Crippen LogP contribution >= 0.6 is 0 Å². The smallest absolute Gasteiger partial charge is 0.258 e. The molecule has 1 amide bonds. The number of hydrogen-bond acceptors (Lipinski definition) is 9. The lowest BCUT2D eigenvalue weighted by Crippen LogP contribution is -2.60. The Kier molecular flexibility index (Phi) is 6.02. The highest BCUT2D eigenvalue weighted by Gasteiger charge is 2.57. The number of amides is 1. The van der Waals surface area contributed by atoms with E-state index in [2.05, 4.69) is 32.1 Å². The van der Waals surface area contributed by atoms with E-state index in [0.29, 0.717) is 28.4 Å². The third-order valence-electron chi connectivity index (χ3n) is 9.45. The van der Waals surface area contributed by atoms with Gasteiger partial charge in [0.05, 0.1) is 35.8 Å². The molecule has 1 saturated carbocycles. The van der Waals surface area contributed by atoms with Gasteiger partial charge < -0.3 is 29.5 Å². The van der Waals surface area contributed by atoms with Gasteiger partial charge in [-0.1, -0.05) is 12.1 Å². The number of halogens is 1. The van der Waals surface area contributed by atoms with Crippen LogP contribution in [-0.4, -0.2) is 73.1 Å². The number of ether oxygens (including phenoxy) is 2. The first-order valence-corrected chi connectivity index (χ1v) is 14.2. The van der Waals surface area contributed by atoms with Crippen LogP contribution in [0.2, 0.25) is 0 Å². The quantitative estimate of drug-likeness (QED) is 0.454. The number of likely N-dealkylation sites (tertiary alicyclic amines) is 1. The van der Waals surface area contributed by atoms with Crippen LogP contribution in [0.5, 0.6) is 17.4 Å². The highest BCUT2D eigenvalue weighted by Crippen LogP contribution is 2.57. The monoisotopic (exact) mass is 569 g/mol. The summed E-state index contributed by atoms with van der Waals surface area (Å²) in [6.07, 6.45) is 5.39. The van der Waals surface area contributed by atoms with Crippen molar-refractivity contribution in [3.8, 4) is 23.4 Å². The average molecular weight is 570 g/mol. The number of nitrogens with zero attached hydrogens (tertiary/aromatic N) is 6. The van der Waals surface area contributed by atoms with Crippen LogP contribution in [-0.2, 0) is 5.54 Å². The van der Waals surface area contributed by atoms with Crippen LogP contribution in [0.25, 0.3) is 0 Å². The van der Waals surface area contributed by atoms with Crippen molar-refractivity contribution in [2.75, 3.05) is 57.6 Å². The lowest BCUT2D eigenvalue weighted by Gasteiger charge is -2.54. The Labute approximate surface area is 243 Å². The van der Waals surface area contributed by atoms with Crippen molar-refractivity contribution in [2.45, 2.75) is 31.2 Å². The van der Waals surface area contributed by atoms with Crippen molar-refractivity contribution >= 4 is 23.2 Å². The van der Waals surface area contributed by atoms with Crippen LogP contribution in [0, 0.1) is 22.6 Å². The molecule has 11 heteroatoms. The maximum Gasteiger partial charge on any atom is 0.258 e. The molecule has 216 valence electrons. The summed E-state index contributed by atoms with van der Waals surface area (Å²) in [6, 6.07) is 10.6. The normalized spacial score (nSPS) is 19.8. The number of anilines is 3. The van der Waals surface area contributed by atoms with Gasteiger partial charge in [-0.3, -0.25) is 4.79 Å². The highest BCUT2D eigenvalue weighted by molar-refractivity contribution is 6.03. The molecule has 1 aromatic heterocycles. The van der Waals surface area contributed by atoms with Crippen LogP contribution in [0.4, 0.5) is 21.7 Å². The first kappa shape index (κ1) is 26.5. The molecule has 0 radical (unpaired) electrons. The Morgan fingerprint density at radius 2 is 1.86 bits per heavy atom. The molecular weight excluding hydrogens is 537 g/mol. The fraction of sp³-hybridized carbons (Fsp3) is 0.419. The van der Waals surface area contributed by atoms with E-state index >= 15 is 4.39 Å². The van der Waals surface area contributed by atoms with E-state index in [1.807, 2.05) is 18.2 Å². The molecule has 3 aromatic rings. The average Bonchev–Trinajstić information content (AvgIpc) is 3.75. The molecule has 10 nitrogen and oxygen atoms in total. The Morgan fingerprint density at radius 1 is 1.10 bits per heavy atom. The maximum absolute atomic E-state index is 15.4. The highest BCUT2D eigenvalue weighted by atomic mass is 19.1. The van der Waals surface area contributed by atoms with Gasteiger partial charge in [0.1, 0.15) is 28.9 Å². The van der Waals surface area contributed by atoms with Gasteiger partial charge in [0.15, 0.2) is 0 Å². The molecule has 1 aliphatic carbocycles. The summed E-state index contributed by atoms with van der Waals surface area (Å²) in [5, 5.41) is 12.7. The number of carbonyl (C=O) groups excluding carboxylic acids is 1. The van der Waals surface area contributed by atoms with Crippen LogP contribution in [0.1, 0.15) is 47.2 Å². The molecule has 4 aliphatic rings. The van der Waals surface area contributed by atoms with Crippen molar-refractivity contribution in [1.82, 2.24) is 19.8 Å². The number of nitriles is 1. The fourth-order valence-corrected chi connectivity index (χ4v) is 6.69. The molecule has 0 bridgehead atoms. The van der Waals surface area contributed by atoms with Crippen molar-refractivity contribution < 1.29 is 18.7 Å². The summed E-state index contributed by atoms with van der Waals surface area (Å²) in [4.78, 5) is 28.0. The summed E-state index contributed by atoms with van der Waals surface area (Å²) in [5.41, 5.74) is 2.37. The van der Waals surface area contributed by atoms with Gasteiger partial charge in [-0.25, -0.2) is 9.37 Å². The largest absolute Gasteiger partial charge is 0.494 e. The van der Waals surface area contributed by atoms with E-state index < -0.39 is 0 Å². The lowest BCUT2D eigenvalue weighted by atomic mass is 9.72. The number of nitrogens with one attached hydrogen (secondary N) is 1. The maximum atomic E-state index is 15.4. The van der Waals surface area contributed by atoms with Crippen molar-refractivity contribution in [3.63, 3.8) is 0 Å². The Morgan fingerprint density at radius 3 is 2.55 bits per heavy atom. The number of fused-ring (bicyclic) bond motifs is 2. The van der Waals surface area contributed by atoms with Gasteiger partial charge in [0.25, 0.3) is 5.91 Å². The van der Waals surface area contributed by atoms with Gasteiger partial charge in [0.2, 0.25) is 11.8 Å². The van der Waals surface area contributed by atoms with Gasteiger partial charge in [0, 0.05) is 37.7 Å². The minimum Gasteiger partial charge on any atom is -0.494 e. The molecule has 0 unspecified atom stereocenters. The number of benzene rings is 2. The van der Waals surface area contributed by atoms with Crippen LogP contribution in [0.3, 0.4) is 0 Å². The summed E-state index contributed by atoms with van der Waals surface area (Å²) in [7, 11) is 5.48. The van der Waals surface area contributed by atoms with E-state index in [0.717, 1.165) is 57.4 Å². The first-order valence-electron chi connectivity index (χ1n) is 14.2. The predicted octanol–water partition coefficient (Wildman–Crippen LogP) is 4.64. The molecule has 3 aliphatic heterocycles. The van der Waals surface area contributed by atoms with Gasteiger partial charge >= 0.3 is 0 Å². The summed E-state index contributed by atoms with van der Waals surface area (Å²) in [5.74, 6) is 0.375. The molecule has 2 spiro atoms. The third kappa shape index (κ3) is 4.12. The topological polar surface area (TPSA) is 107 Å². The molecule has 2 saturated heterocycles. The zero-order valence-electron chi connectivity index (χ0n) is 23.9. The molecule has 3 fully saturated rings. The Balaban J connectivity index is 1.13. The van der Waals surface area contributed by atoms with Crippen molar-refractivity contribution in [3.05, 3.63) is 59.0 Å². The molecular formula is C31H32FN7O3. The molecule has 7 rings (SSSR count). The zero-order valence-corrected chi connectivity index (χ0v) is 23.9. The second kappa shape index (κ2) is 9.56. The van der Waals surface area contributed by atoms with Crippen molar-refractivity contribution in [1.29, 1.82) is 5.26 Å². The number of rotatable bonds is 6. The number of carbonyl (C=O) groups is 1. The van der Waals surface area contributed by atoms with Gasteiger partial charge in [-0.2, -0.15) is 10.2 Å². The molecule has 1 N–H and O–H groups in total. The molecule has 0 atom stereocenters. The van der Waals surface area contributed by atoms with E-state index in [9.17, 15) is 10.1 Å². The van der Waals surface area contributed by atoms with E-state index in [-0.39, 0.29) is 40.1 Å². The minimum absolute atomic E-state index is 0.00402. The van der Waals surface area contributed by atoms with Crippen LogP contribution in [0.15, 0.2) is 36.5 Å². The summed E-state index contributed by atoms with van der Waals surface area (Å²) < 4.78 is 27.1. The second-order valence-electron chi connectivity index (χ2n) is 12.0. The van der Waals surface area contributed by atoms with Crippen molar-refractivity contribution in [2.24, 2.45) is 5.41 Å². The van der Waals surface area contributed by atoms with E-state index in [1.165, 1.54) is 19.4 Å². The summed E-state index contributed by atoms with van der Waals surface area (Å²) >= 11 is 0. The number of hydrogen-bond donors (Lipinski definition) is 1. The van der Waals surface area contributed by atoms with Crippen LogP contribution < -0.4 is 19.7 Å². The second-order valence-corrected chi connectivity index (χ2v) is 12.0. The third-order valence-corrected chi connectivity index (χ3v) is 9.45. The molecule has 4 heterocycles. The Bertz CT molecular complexity index is 1630. The zero-order chi connectivity index (χ0) is 29.2. The SMILES string of the molecule is COc1cc(N2CC3(CCN(C)CC3)C2)c(F)cc1Nc1ncc(C#N)c(Oc2cccc3c2C(=O)N(C)C32CC2)n1. The standard InChI is InChI=1S/C31H32FN7O3/c1-37-11-9-30(10-12-37)17-39(18-30)23-14-25(41-3)22(13-21(23)32)35-29-34-16-19(15-33)27(36-29)42-24-6-4-5-20-26(24)28(40)38(2)31(20)7-8-31/h4-6,13-14,16H,7-12,17-18H2,1-3H3,(H,34,35,36). The number of piperidine rings is 1.